The molecule has 0 aliphatic carbocycles. The van der Waals surface area contributed by atoms with E-state index in [4.69, 9.17) is 5.73 Å². The van der Waals surface area contributed by atoms with Crippen LogP contribution in [0.1, 0.15) is 22.1 Å². The second-order valence-electron chi connectivity index (χ2n) is 4.50. The van der Waals surface area contributed by atoms with Crippen LogP contribution in [0, 0.1) is 13.8 Å². The van der Waals surface area contributed by atoms with Crippen molar-refractivity contribution in [2.24, 2.45) is 12.8 Å². The number of hydrogen-bond donors (Lipinski definition) is 1. The van der Waals surface area contributed by atoms with Crippen LogP contribution in [0.2, 0.25) is 0 Å². The quantitative estimate of drug-likeness (QED) is 0.937. The number of halogens is 1. The van der Waals surface area contributed by atoms with Crippen molar-refractivity contribution in [3.8, 4) is 0 Å². The highest BCUT2D eigenvalue weighted by Crippen LogP contribution is 2.22. The van der Waals surface area contributed by atoms with Gasteiger partial charge in [-0.05, 0) is 29.8 Å². The first-order valence-corrected chi connectivity index (χ1v) is 7.49. The molecule has 0 saturated heterocycles. The van der Waals surface area contributed by atoms with Crippen molar-refractivity contribution in [3.05, 3.63) is 31.9 Å². The summed E-state index contributed by atoms with van der Waals surface area (Å²) < 4.78 is 2.96. The summed E-state index contributed by atoms with van der Waals surface area (Å²) in [6, 6.07) is 0.0672. The molecule has 0 aliphatic heterocycles. The zero-order valence-corrected chi connectivity index (χ0v) is 13.2. The van der Waals surface area contributed by atoms with Gasteiger partial charge in [0.05, 0.1) is 26.6 Å². The minimum atomic E-state index is 0.0672. The van der Waals surface area contributed by atoms with Crippen molar-refractivity contribution < 1.29 is 0 Å². The highest BCUT2D eigenvalue weighted by molar-refractivity contribution is 9.10. The first kappa shape index (κ1) is 13.7. The van der Waals surface area contributed by atoms with Gasteiger partial charge in [0, 0.05) is 31.3 Å². The Morgan fingerprint density at radius 1 is 1.44 bits per heavy atom. The SMILES string of the molecule is Cc1nc(CC(N)Cc2c(Br)c(C)nn2C)cs1. The molecule has 2 aromatic rings. The maximum absolute atomic E-state index is 6.20. The van der Waals surface area contributed by atoms with Crippen LogP contribution < -0.4 is 5.73 Å². The third kappa shape index (κ3) is 2.99. The zero-order valence-electron chi connectivity index (χ0n) is 10.8. The molecule has 0 fully saturated rings. The number of aryl methyl sites for hydroxylation is 3. The van der Waals surface area contributed by atoms with E-state index >= 15 is 0 Å². The number of nitrogens with zero attached hydrogens (tertiary/aromatic N) is 3. The van der Waals surface area contributed by atoms with E-state index < -0.39 is 0 Å². The van der Waals surface area contributed by atoms with Crippen LogP contribution in [0.5, 0.6) is 0 Å². The van der Waals surface area contributed by atoms with Crippen molar-refractivity contribution in [2.75, 3.05) is 0 Å². The van der Waals surface area contributed by atoms with Gasteiger partial charge in [-0.3, -0.25) is 4.68 Å². The van der Waals surface area contributed by atoms with E-state index in [0.717, 1.165) is 39.4 Å². The summed E-state index contributed by atoms with van der Waals surface area (Å²) >= 11 is 5.24. The monoisotopic (exact) mass is 328 g/mol. The molecule has 2 aromatic heterocycles. The molecule has 0 aromatic carbocycles. The van der Waals surface area contributed by atoms with Crippen LogP contribution in [-0.2, 0) is 19.9 Å². The third-order valence-corrected chi connectivity index (χ3v) is 4.71. The van der Waals surface area contributed by atoms with Gasteiger partial charge in [0.25, 0.3) is 0 Å². The minimum Gasteiger partial charge on any atom is -0.327 e. The summed E-state index contributed by atoms with van der Waals surface area (Å²) in [6.07, 6.45) is 1.61. The van der Waals surface area contributed by atoms with Gasteiger partial charge in [-0.25, -0.2) is 4.98 Å². The van der Waals surface area contributed by atoms with E-state index in [1.807, 2.05) is 25.6 Å². The topological polar surface area (TPSA) is 56.7 Å². The standard InChI is InChI=1S/C12H17BrN4S/c1-7-12(13)11(17(3)16-7)5-9(14)4-10-6-18-8(2)15-10/h6,9H,4-5,14H2,1-3H3. The lowest BCUT2D eigenvalue weighted by molar-refractivity contribution is 0.606. The Hall–Kier alpha value is -0.720. The van der Waals surface area contributed by atoms with Crippen LogP contribution in [-0.4, -0.2) is 20.8 Å². The van der Waals surface area contributed by atoms with Crippen molar-refractivity contribution in [2.45, 2.75) is 32.7 Å². The van der Waals surface area contributed by atoms with E-state index in [0.29, 0.717) is 0 Å². The molecular formula is C12H17BrN4S. The number of hydrogen-bond acceptors (Lipinski definition) is 4. The number of nitrogens with two attached hydrogens (primary N) is 1. The molecule has 0 amide bonds. The number of aromatic nitrogens is 3. The maximum Gasteiger partial charge on any atom is 0.0897 e. The first-order valence-electron chi connectivity index (χ1n) is 5.82. The molecule has 6 heteroatoms. The van der Waals surface area contributed by atoms with E-state index in [1.54, 1.807) is 11.3 Å². The van der Waals surface area contributed by atoms with Crippen LogP contribution in [0.25, 0.3) is 0 Å². The normalized spacial score (nSPS) is 12.9. The van der Waals surface area contributed by atoms with Crippen LogP contribution >= 0.6 is 27.3 Å². The number of thiazole rings is 1. The fraction of sp³-hybridized carbons (Fsp3) is 0.500. The number of rotatable bonds is 4. The van der Waals surface area contributed by atoms with Crippen molar-refractivity contribution in [3.63, 3.8) is 0 Å². The predicted molar refractivity (Wildman–Crippen MR) is 77.9 cm³/mol. The molecule has 1 atom stereocenters. The molecule has 0 bridgehead atoms. The van der Waals surface area contributed by atoms with Gasteiger partial charge in [-0.2, -0.15) is 5.10 Å². The molecule has 98 valence electrons. The Kier molecular flexibility index (Phi) is 4.19. The van der Waals surface area contributed by atoms with Gasteiger partial charge >= 0.3 is 0 Å². The Morgan fingerprint density at radius 3 is 2.67 bits per heavy atom. The Bertz CT molecular complexity index is 546. The van der Waals surface area contributed by atoms with Crippen LogP contribution in [0.15, 0.2) is 9.85 Å². The molecule has 0 aliphatic rings. The summed E-state index contributed by atoms with van der Waals surface area (Å²) in [6.45, 7) is 4.00. The van der Waals surface area contributed by atoms with Crippen molar-refractivity contribution >= 4 is 27.3 Å². The van der Waals surface area contributed by atoms with Gasteiger partial charge in [0.15, 0.2) is 0 Å². The summed E-state index contributed by atoms with van der Waals surface area (Å²) in [5.41, 5.74) is 9.43. The zero-order chi connectivity index (χ0) is 13.3. The van der Waals surface area contributed by atoms with Crippen LogP contribution in [0.4, 0.5) is 0 Å². The molecule has 0 spiro atoms. The van der Waals surface area contributed by atoms with Crippen molar-refractivity contribution in [1.82, 2.24) is 14.8 Å². The summed E-state index contributed by atoms with van der Waals surface area (Å²) in [4.78, 5) is 4.45. The largest absolute Gasteiger partial charge is 0.327 e. The summed E-state index contributed by atoms with van der Waals surface area (Å²) in [5, 5.41) is 7.55. The molecule has 0 radical (unpaired) electrons. The van der Waals surface area contributed by atoms with Crippen molar-refractivity contribution in [1.29, 1.82) is 0 Å². The molecule has 2 N–H and O–H groups in total. The van der Waals surface area contributed by atoms with Gasteiger partial charge in [0.2, 0.25) is 0 Å². The van der Waals surface area contributed by atoms with Gasteiger partial charge < -0.3 is 5.73 Å². The second kappa shape index (κ2) is 5.50. The summed E-state index contributed by atoms with van der Waals surface area (Å²) in [5.74, 6) is 0. The van der Waals surface area contributed by atoms with E-state index in [1.165, 1.54) is 0 Å². The molecule has 2 heterocycles. The first-order chi connectivity index (χ1) is 8.47. The molecular weight excluding hydrogens is 312 g/mol. The summed E-state index contributed by atoms with van der Waals surface area (Å²) in [7, 11) is 1.95. The van der Waals surface area contributed by atoms with Gasteiger partial charge in [0.1, 0.15) is 0 Å². The van der Waals surface area contributed by atoms with E-state index in [2.05, 4.69) is 31.4 Å². The molecule has 4 nitrogen and oxygen atoms in total. The molecule has 1 unspecified atom stereocenters. The Morgan fingerprint density at radius 2 is 2.17 bits per heavy atom. The van der Waals surface area contributed by atoms with Gasteiger partial charge in [-0.15, -0.1) is 11.3 Å². The predicted octanol–water partition coefficient (Wildman–Crippen LogP) is 2.37. The smallest absolute Gasteiger partial charge is 0.0897 e. The average Bonchev–Trinajstić information content (AvgIpc) is 2.78. The minimum absolute atomic E-state index is 0.0672. The molecule has 18 heavy (non-hydrogen) atoms. The fourth-order valence-corrected chi connectivity index (χ4v) is 3.12. The maximum atomic E-state index is 6.20. The lowest BCUT2D eigenvalue weighted by Crippen LogP contribution is -2.27. The van der Waals surface area contributed by atoms with E-state index in [9.17, 15) is 0 Å². The lowest BCUT2D eigenvalue weighted by atomic mass is 10.1. The molecule has 2 rings (SSSR count). The fourth-order valence-electron chi connectivity index (χ4n) is 1.99. The second-order valence-corrected chi connectivity index (χ2v) is 6.35. The highest BCUT2D eigenvalue weighted by atomic mass is 79.9. The van der Waals surface area contributed by atoms with Gasteiger partial charge in [-0.1, -0.05) is 0 Å². The average molecular weight is 329 g/mol. The van der Waals surface area contributed by atoms with E-state index in [-0.39, 0.29) is 6.04 Å². The highest BCUT2D eigenvalue weighted by Gasteiger charge is 2.15. The van der Waals surface area contributed by atoms with Crippen LogP contribution in [0.3, 0.4) is 0 Å². The Labute approximate surface area is 119 Å². The lowest BCUT2D eigenvalue weighted by Gasteiger charge is -2.10. The third-order valence-electron chi connectivity index (χ3n) is 2.86. The molecule has 0 saturated carbocycles. The Balaban J connectivity index is 2.05.